The lowest BCUT2D eigenvalue weighted by atomic mass is 10.1. The van der Waals surface area contributed by atoms with E-state index in [0.717, 1.165) is 39.3 Å². The van der Waals surface area contributed by atoms with Crippen molar-refractivity contribution in [2.45, 2.75) is 13.3 Å². The van der Waals surface area contributed by atoms with Crippen LogP contribution in [-0.4, -0.2) is 61.8 Å². The Kier molecular flexibility index (Phi) is 6.95. The molecular weight excluding hydrogens is 314 g/mol. The summed E-state index contributed by atoms with van der Waals surface area (Å²) in [6, 6.07) is 4.34. The Morgan fingerprint density at radius 3 is 2.83 bits per heavy atom. The van der Waals surface area contributed by atoms with Gasteiger partial charge < -0.3 is 14.8 Å². The minimum atomic E-state index is -0.556. The van der Waals surface area contributed by atoms with Crippen LogP contribution in [0.25, 0.3) is 0 Å². The van der Waals surface area contributed by atoms with Gasteiger partial charge in [0.25, 0.3) is 5.69 Å². The standard InChI is InChI=1S/C16H23N3O5/c1-2-24-16(20)13-4-5-14(15(12-13)19(21)22)17-6-3-7-18-8-10-23-11-9-18/h4-5,12,17H,2-3,6-11H2,1H3. The summed E-state index contributed by atoms with van der Waals surface area (Å²) in [6.45, 7) is 6.83. The number of carbonyl (C=O) groups is 1. The Morgan fingerprint density at radius 1 is 1.42 bits per heavy atom. The molecule has 1 aliphatic rings. The van der Waals surface area contributed by atoms with E-state index in [1.165, 1.54) is 12.1 Å². The average Bonchev–Trinajstić information content (AvgIpc) is 2.59. The Bertz CT molecular complexity index is 573. The molecule has 0 unspecified atom stereocenters. The first kappa shape index (κ1) is 18.2. The van der Waals surface area contributed by atoms with Crippen molar-refractivity contribution in [2.75, 3.05) is 51.3 Å². The topological polar surface area (TPSA) is 93.9 Å². The van der Waals surface area contributed by atoms with E-state index in [-0.39, 0.29) is 17.9 Å². The van der Waals surface area contributed by atoms with Gasteiger partial charge in [-0.15, -0.1) is 0 Å². The number of benzene rings is 1. The van der Waals surface area contributed by atoms with E-state index < -0.39 is 10.9 Å². The second-order valence-electron chi connectivity index (χ2n) is 5.44. The number of anilines is 1. The molecule has 1 aliphatic heterocycles. The van der Waals surface area contributed by atoms with Gasteiger partial charge in [0, 0.05) is 25.7 Å². The summed E-state index contributed by atoms with van der Waals surface area (Å²) in [7, 11) is 0. The predicted octanol–water partition coefficient (Wildman–Crippen LogP) is 1.91. The molecule has 0 radical (unpaired) electrons. The lowest BCUT2D eigenvalue weighted by Gasteiger charge is -2.26. The summed E-state index contributed by atoms with van der Waals surface area (Å²) >= 11 is 0. The van der Waals surface area contributed by atoms with E-state index in [1.807, 2.05) is 0 Å². The SMILES string of the molecule is CCOC(=O)c1ccc(NCCCN2CCOCC2)c([N+](=O)[O-])c1. The van der Waals surface area contributed by atoms with Crippen molar-refractivity contribution >= 4 is 17.3 Å². The van der Waals surface area contributed by atoms with Crippen molar-refractivity contribution in [1.82, 2.24) is 4.90 Å². The van der Waals surface area contributed by atoms with Crippen LogP contribution in [0, 0.1) is 10.1 Å². The number of nitrogens with one attached hydrogen (secondary N) is 1. The first-order valence-electron chi connectivity index (χ1n) is 8.11. The molecule has 8 nitrogen and oxygen atoms in total. The van der Waals surface area contributed by atoms with Gasteiger partial charge in [0.05, 0.1) is 30.3 Å². The van der Waals surface area contributed by atoms with Crippen LogP contribution >= 0.6 is 0 Å². The molecule has 0 aliphatic carbocycles. The first-order chi connectivity index (χ1) is 11.6. The fourth-order valence-corrected chi connectivity index (χ4v) is 2.52. The highest BCUT2D eigenvalue weighted by atomic mass is 16.6. The zero-order chi connectivity index (χ0) is 17.4. The molecular formula is C16H23N3O5. The van der Waals surface area contributed by atoms with Crippen LogP contribution in [0.15, 0.2) is 18.2 Å². The second kappa shape index (κ2) is 9.19. The fourth-order valence-electron chi connectivity index (χ4n) is 2.52. The van der Waals surface area contributed by atoms with Crippen molar-refractivity contribution in [3.63, 3.8) is 0 Å². The molecule has 8 heteroatoms. The summed E-state index contributed by atoms with van der Waals surface area (Å²) in [6.07, 6.45) is 0.872. The van der Waals surface area contributed by atoms with Crippen LogP contribution in [0.4, 0.5) is 11.4 Å². The van der Waals surface area contributed by atoms with Crippen LogP contribution in [0.2, 0.25) is 0 Å². The second-order valence-corrected chi connectivity index (χ2v) is 5.44. The van der Waals surface area contributed by atoms with Gasteiger partial charge in [-0.05, 0) is 32.0 Å². The number of carbonyl (C=O) groups excluding carboxylic acids is 1. The highest BCUT2D eigenvalue weighted by molar-refractivity contribution is 5.91. The maximum absolute atomic E-state index is 11.7. The molecule has 0 spiro atoms. The number of nitro groups is 1. The lowest BCUT2D eigenvalue weighted by molar-refractivity contribution is -0.384. The highest BCUT2D eigenvalue weighted by Gasteiger charge is 2.18. The molecule has 1 aromatic rings. The Morgan fingerprint density at radius 2 is 2.17 bits per heavy atom. The van der Waals surface area contributed by atoms with E-state index in [9.17, 15) is 14.9 Å². The zero-order valence-corrected chi connectivity index (χ0v) is 13.8. The van der Waals surface area contributed by atoms with Crippen molar-refractivity contribution in [3.8, 4) is 0 Å². The molecule has 1 saturated heterocycles. The van der Waals surface area contributed by atoms with Gasteiger partial charge in [-0.1, -0.05) is 0 Å². The molecule has 0 atom stereocenters. The maximum atomic E-state index is 11.7. The third kappa shape index (κ3) is 5.17. The summed E-state index contributed by atoms with van der Waals surface area (Å²) in [5.41, 5.74) is 0.476. The van der Waals surface area contributed by atoms with Crippen molar-refractivity contribution in [3.05, 3.63) is 33.9 Å². The summed E-state index contributed by atoms with van der Waals surface area (Å²) in [5.74, 6) is -0.556. The van der Waals surface area contributed by atoms with Crippen molar-refractivity contribution in [1.29, 1.82) is 0 Å². The van der Waals surface area contributed by atoms with Gasteiger partial charge in [0.1, 0.15) is 5.69 Å². The molecule has 0 saturated carbocycles. The third-order valence-electron chi connectivity index (χ3n) is 3.78. The average molecular weight is 337 g/mol. The van der Waals surface area contributed by atoms with Crippen LogP contribution in [0.5, 0.6) is 0 Å². The number of hydrogen-bond acceptors (Lipinski definition) is 7. The Balaban J connectivity index is 1.91. The van der Waals surface area contributed by atoms with Crippen molar-refractivity contribution < 1.29 is 19.2 Å². The van der Waals surface area contributed by atoms with Crippen LogP contribution in [-0.2, 0) is 9.47 Å². The van der Waals surface area contributed by atoms with Gasteiger partial charge in [0.15, 0.2) is 0 Å². The van der Waals surface area contributed by atoms with Gasteiger partial charge in [-0.2, -0.15) is 0 Å². The minimum absolute atomic E-state index is 0.119. The third-order valence-corrected chi connectivity index (χ3v) is 3.78. The van der Waals surface area contributed by atoms with Gasteiger partial charge in [-0.3, -0.25) is 15.0 Å². The largest absolute Gasteiger partial charge is 0.462 e. The Hall–Kier alpha value is -2.19. The molecule has 1 heterocycles. The number of nitro benzene ring substituents is 1. The minimum Gasteiger partial charge on any atom is -0.462 e. The molecule has 0 amide bonds. The van der Waals surface area contributed by atoms with Gasteiger partial charge in [0.2, 0.25) is 0 Å². The predicted molar refractivity (Wildman–Crippen MR) is 89.4 cm³/mol. The van der Waals surface area contributed by atoms with Gasteiger partial charge >= 0.3 is 5.97 Å². The maximum Gasteiger partial charge on any atom is 0.338 e. The van der Waals surface area contributed by atoms with E-state index >= 15 is 0 Å². The molecule has 0 aromatic heterocycles. The monoisotopic (exact) mass is 337 g/mol. The van der Waals surface area contributed by atoms with Crippen LogP contribution in [0.1, 0.15) is 23.7 Å². The van der Waals surface area contributed by atoms with Crippen LogP contribution in [0.3, 0.4) is 0 Å². The molecule has 1 aromatic carbocycles. The van der Waals surface area contributed by atoms with E-state index in [1.54, 1.807) is 13.0 Å². The van der Waals surface area contributed by atoms with E-state index in [4.69, 9.17) is 9.47 Å². The smallest absolute Gasteiger partial charge is 0.338 e. The highest BCUT2D eigenvalue weighted by Crippen LogP contribution is 2.26. The van der Waals surface area contributed by atoms with Crippen molar-refractivity contribution in [2.24, 2.45) is 0 Å². The molecule has 24 heavy (non-hydrogen) atoms. The molecule has 1 N–H and O–H groups in total. The Labute approximate surface area is 140 Å². The van der Waals surface area contributed by atoms with E-state index in [0.29, 0.717) is 12.2 Å². The molecule has 0 bridgehead atoms. The zero-order valence-electron chi connectivity index (χ0n) is 13.8. The number of rotatable bonds is 8. The fraction of sp³-hybridized carbons (Fsp3) is 0.562. The van der Waals surface area contributed by atoms with Crippen LogP contribution < -0.4 is 5.32 Å². The lowest BCUT2D eigenvalue weighted by Crippen LogP contribution is -2.37. The number of morpholine rings is 1. The normalized spacial score (nSPS) is 15.0. The number of nitrogens with zero attached hydrogens (tertiary/aromatic N) is 2. The first-order valence-corrected chi connectivity index (χ1v) is 8.11. The summed E-state index contributed by atoms with van der Waals surface area (Å²) in [5, 5.41) is 14.3. The summed E-state index contributed by atoms with van der Waals surface area (Å²) < 4.78 is 10.2. The number of hydrogen-bond donors (Lipinski definition) is 1. The summed E-state index contributed by atoms with van der Waals surface area (Å²) in [4.78, 5) is 24.7. The van der Waals surface area contributed by atoms with E-state index in [2.05, 4.69) is 10.2 Å². The molecule has 132 valence electrons. The van der Waals surface area contributed by atoms with Gasteiger partial charge in [-0.25, -0.2) is 4.79 Å². The number of ether oxygens (including phenoxy) is 2. The molecule has 1 fully saturated rings. The number of esters is 1. The molecule has 2 rings (SSSR count). The quantitative estimate of drug-likeness (QED) is 0.335.